The summed E-state index contributed by atoms with van der Waals surface area (Å²) in [5.74, 6) is 2.89. The smallest absolute Gasteiger partial charge is 0.226 e. The summed E-state index contributed by atoms with van der Waals surface area (Å²) >= 11 is 0. The summed E-state index contributed by atoms with van der Waals surface area (Å²) in [6.45, 7) is 2.64. The van der Waals surface area contributed by atoms with Crippen molar-refractivity contribution in [3.63, 3.8) is 0 Å². The fourth-order valence-electron chi connectivity index (χ4n) is 4.03. The first-order chi connectivity index (χ1) is 8.31. The van der Waals surface area contributed by atoms with Crippen molar-refractivity contribution in [2.24, 2.45) is 29.4 Å². The number of amides is 1. The van der Waals surface area contributed by atoms with Gasteiger partial charge in [-0.15, -0.1) is 12.4 Å². The van der Waals surface area contributed by atoms with Gasteiger partial charge in [-0.1, -0.05) is 12.8 Å². The number of carbonyl (C=O) groups is 1. The fourth-order valence-corrected chi connectivity index (χ4v) is 4.03. The molecule has 1 saturated heterocycles. The Morgan fingerprint density at radius 2 is 1.78 bits per heavy atom. The Hall–Kier alpha value is -0.280. The van der Waals surface area contributed by atoms with E-state index in [4.69, 9.17) is 5.73 Å². The van der Waals surface area contributed by atoms with Gasteiger partial charge in [-0.25, -0.2) is 0 Å². The minimum absolute atomic E-state index is 0. The van der Waals surface area contributed by atoms with Crippen LogP contribution in [0, 0.1) is 23.7 Å². The highest BCUT2D eigenvalue weighted by Gasteiger charge is 2.55. The molecule has 4 heteroatoms. The Kier molecular flexibility index (Phi) is 4.54. The number of halogens is 1. The average molecular weight is 273 g/mol. The molecule has 104 valence electrons. The Labute approximate surface area is 116 Å². The second-order valence-electron chi connectivity index (χ2n) is 6.17. The summed E-state index contributed by atoms with van der Waals surface area (Å²) in [7, 11) is 0. The van der Waals surface area contributed by atoms with Gasteiger partial charge in [-0.3, -0.25) is 4.79 Å². The van der Waals surface area contributed by atoms with Crippen molar-refractivity contribution >= 4 is 18.3 Å². The summed E-state index contributed by atoms with van der Waals surface area (Å²) in [6.07, 6.45) is 7.64. The van der Waals surface area contributed by atoms with Crippen LogP contribution in [0.4, 0.5) is 0 Å². The van der Waals surface area contributed by atoms with Crippen LogP contribution < -0.4 is 5.73 Å². The number of fused-ring (bicyclic) bond motifs is 1. The first-order valence-corrected chi connectivity index (χ1v) is 7.30. The van der Waals surface area contributed by atoms with E-state index in [1.54, 1.807) is 0 Å². The van der Waals surface area contributed by atoms with Crippen LogP contribution in [0.2, 0.25) is 0 Å². The quantitative estimate of drug-likeness (QED) is 0.836. The summed E-state index contributed by atoms with van der Waals surface area (Å²) in [6, 6.07) is 0. The molecule has 0 aromatic carbocycles. The Bertz CT molecular complexity index is 298. The van der Waals surface area contributed by atoms with Crippen LogP contribution in [0.3, 0.4) is 0 Å². The van der Waals surface area contributed by atoms with E-state index in [1.165, 1.54) is 32.1 Å². The topological polar surface area (TPSA) is 46.3 Å². The molecule has 1 amide bonds. The Morgan fingerprint density at radius 1 is 1.11 bits per heavy atom. The minimum atomic E-state index is 0. The van der Waals surface area contributed by atoms with Gasteiger partial charge in [0.15, 0.2) is 0 Å². The molecular weight excluding hydrogens is 248 g/mol. The third-order valence-corrected chi connectivity index (χ3v) is 5.11. The SMILES string of the molecule is Cl.NCC1CCCN(C(=O)C2C3CCCCC32)C1. The van der Waals surface area contributed by atoms with E-state index in [1.807, 2.05) is 0 Å². The maximum Gasteiger partial charge on any atom is 0.226 e. The fraction of sp³-hybridized carbons (Fsp3) is 0.929. The molecule has 1 heterocycles. The summed E-state index contributed by atoms with van der Waals surface area (Å²) in [5, 5.41) is 0. The average Bonchev–Trinajstić information content (AvgIpc) is 3.12. The predicted molar refractivity (Wildman–Crippen MR) is 74.5 cm³/mol. The van der Waals surface area contributed by atoms with Crippen LogP contribution in [-0.2, 0) is 4.79 Å². The monoisotopic (exact) mass is 272 g/mol. The van der Waals surface area contributed by atoms with Gasteiger partial charge >= 0.3 is 0 Å². The predicted octanol–water partition coefficient (Wildman–Crippen LogP) is 2.04. The van der Waals surface area contributed by atoms with Crippen molar-refractivity contribution in [2.45, 2.75) is 38.5 Å². The van der Waals surface area contributed by atoms with E-state index in [-0.39, 0.29) is 12.4 Å². The van der Waals surface area contributed by atoms with Crippen LogP contribution in [0.15, 0.2) is 0 Å². The van der Waals surface area contributed by atoms with E-state index < -0.39 is 0 Å². The second-order valence-corrected chi connectivity index (χ2v) is 6.17. The number of hydrogen-bond donors (Lipinski definition) is 1. The van der Waals surface area contributed by atoms with Crippen LogP contribution in [0.5, 0.6) is 0 Å². The molecule has 2 aliphatic carbocycles. The van der Waals surface area contributed by atoms with Gasteiger partial charge in [0.2, 0.25) is 5.91 Å². The molecule has 2 N–H and O–H groups in total. The van der Waals surface area contributed by atoms with Gasteiger partial charge in [0.25, 0.3) is 0 Å². The molecule has 3 unspecified atom stereocenters. The van der Waals surface area contributed by atoms with E-state index >= 15 is 0 Å². The molecule has 3 fully saturated rings. The normalized spacial score (nSPS) is 38.6. The van der Waals surface area contributed by atoms with Crippen LogP contribution in [0.1, 0.15) is 38.5 Å². The number of rotatable bonds is 2. The molecule has 3 aliphatic rings. The number of hydrogen-bond acceptors (Lipinski definition) is 2. The van der Waals surface area contributed by atoms with Crippen molar-refractivity contribution < 1.29 is 4.79 Å². The van der Waals surface area contributed by atoms with Crippen molar-refractivity contribution in [2.75, 3.05) is 19.6 Å². The molecule has 0 aromatic rings. The van der Waals surface area contributed by atoms with E-state index in [0.29, 0.717) is 17.7 Å². The van der Waals surface area contributed by atoms with Crippen molar-refractivity contribution in [3.05, 3.63) is 0 Å². The highest BCUT2D eigenvalue weighted by molar-refractivity contribution is 5.85. The molecule has 3 atom stereocenters. The van der Waals surface area contributed by atoms with Crippen molar-refractivity contribution in [3.8, 4) is 0 Å². The highest BCUT2D eigenvalue weighted by atomic mass is 35.5. The molecule has 0 radical (unpaired) electrons. The van der Waals surface area contributed by atoms with E-state index in [2.05, 4.69) is 4.90 Å². The van der Waals surface area contributed by atoms with Crippen LogP contribution >= 0.6 is 12.4 Å². The molecule has 3 nitrogen and oxygen atoms in total. The lowest BCUT2D eigenvalue weighted by Gasteiger charge is -2.32. The highest BCUT2D eigenvalue weighted by Crippen LogP contribution is 2.56. The van der Waals surface area contributed by atoms with Gasteiger partial charge in [-0.2, -0.15) is 0 Å². The zero-order chi connectivity index (χ0) is 11.8. The van der Waals surface area contributed by atoms with Crippen LogP contribution in [-0.4, -0.2) is 30.4 Å². The van der Waals surface area contributed by atoms with Crippen molar-refractivity contribution in [1.29, 1.82) is 0 Å². The maximum absolute atomic E-state index is 12.5. The maximum atomic E-state index is 12.5. The zero-order valence-corrected chi connectivity index (χ0v) is 11.8. The number of carbonyl (C=O) groups excluding carboxylic acids is 1. The standard InChI is InChI=1S/C14H24N2O.ClH/c15-8-10-4-3-7-16(9-10)14(17)13-11-5-1-2-6-12(11)13;/h10-13H,1-9,15H2;1H. The number of nitrogens with zero attached hydrogens (tertiary/aromatic N) is 1. The molecule has 2 saturated carbocycles. The lowest BCUT2D eigenvalue weighted by molar-refractivity contribution is -0.135. The number of likely N-dealkylation sites (tertiary alicyclic amines) is 1. The molecule has 3 rings (SSSR count). The molecule has 0 spiro atoms. The summed E-state index contributed by atoms with van der Waals surface area (Å²) < 4.78 is 0. The van der Waals surface area contributed by atoms with Crippen molar-refractivity contribution in [1.82, 2.24) is 4.90 Å². The third kappa shape index (κ3) is 2.53. The number of piperidine rings is 1. The zero-order valence-electron chi connectivity index (χ0n) is 11.0. The van der Waals surface area contributed by atoms with Gasteiger partial charge in [0.05, 0.1) is 0 Å². The van der Waals surface area contributed by atoms with E-state index in [9.17, 15) is 4.79 Å². The molecule has 0 aromatic heterocycles. The van der Waals surface area contributed by atoms with Gasteiger partial charge in [-0.05, 0) is 50.0 Å². The molecule has 0 bridgehead atoms. The summed E-state index contributed by atoms with van der Waals surface area (Å²) in [4.78, 5) is 14.6. The van der Waals surface area contributed by atoms with Gasteiger partial charge in [0.1, 0.15) is 0 Å². The Morgan fingerprint density at radius 3 is 2.39 bits per heavy atom. The Balaban J connectivity index is 0.00000120. The van der Waals surface area contributed by atoms with Gasteiger partial charge in [0, 0.05) is 19.0 Å². The third-order valence-electron chi connectivity index (χ3n) is 5.11. The van der Waals surface area contributed by atoms with Gasteiger partial charge < -0.3 is 10.6 Å². The number of nitrogens with two attached hydrogens (primary N) is 1. The first kappa shape index (κ1) is 14.1. The molecule has 1 aliphatic heterocycles. The largest absolute Gasteiger partial charge is 0.342 e. The lowest BCUT2D eigenvalue weighted by Crippen LogP contribution is -2.43. The second kappa shape index (κ2) is 5.79. The lowest BCUT2D eigenvalue weighted by atomic mass is 9.98. The molecular formula is C14H25ClN2O. The molecule has 18 heavy (non-hydrogen) atoms. The van der Waals surface area contributed by atoms with Crippen LogP contribution in [0.25, 0.3) is 0 Å². The minimum Gasteiger partial charge on any atom is -0.342 e. The first-order valence-electron chi connectivity index (χ1n) is 7.30. The van der Waals surface area contributed by atoms with E-state index in [0.717, 1.165) is 37.9 Å². The summed E-state index contributed by atoms with van der Waals surface area (Å²) in [5.41, 5.74) is 5.74.